The molecule has 0 spiro atoms. The number of nitrogens with zero attached hydrogens (tertiary/aromatic N) is 2. The quantitative estimate of drug-likeness (QED) is 0.887. The SMILES string of the molecule is CN1CCOC(CN)C1c1ccc2ccccc2n1. The molecule has 2 N–H and O–H groups in total. The van der Waals surface area contributed by atoms with Crippen molar-refractivity contribution in [1.82, 2.24) is 9.88 Å². The smallest absolute Gasteiger partial charge is 0.0909 e. The van der Waals surface area contributed by atoms with Gasteiger partial charge in [-0.05, 0) is 19.2 Å². The molecule has 0 amide bonds. The van der Waals surface area contributed by atoms with Crippen LogP contribution in [0.5, 0.6) is 0 Å². The van der Waals surface area contributed by atoms with E-state index in [4.69, 9.17) is 15.5 Å². The van der Waals surface area contributed by atoms with E-state index in [1.165, 1.54) is 0 Å². The van der Waals surface area contributed by atoms with E-state index >= 15 is 0 Å². The molecule has 0 saturated carbocycles. The van der Waals surface area contributed by atoms with Crippen LogP contribution in [0, 0.1) is 0 Å². The van der Waals surface area contributed by atoms with Crippen molar-refractivity contribution in [3.05, 3.63) is 42.1 Å². The molecule has 1 aromatic heterocycles. The lowest BCUT2D eigenvalue weighted by Crippen LogP contribution is -2.46. The lowest BCUT2D eigenvalue weighted by atomic mass is 10.0. The maximum absolute atomic E-state index is 5.83. The number of ether oxygens (including phenoxy) is 1. The van der Waals surface area contributed by atoms with Crippen LogP contribution < -0.4 is 5.73 Å². The van der Waals surface area contributed by atoms with Crippen molar-refractivity contribution in [2.45, 2.75) is 12.1 Å². The van der Waals surface area contributed by atoms with Gasteiger partial charge in [-0.25, -0.2) is 0 Å². The molecule has 100 valence electrons. The highest BCUT2D eigenvalue weighted by atomic mass is 16.5. The van der Waals surface area contributed by atoms with E-state index in [0.29, 0.717) is 6.54 Å². The van der Waals surface area contributed by atoms with Crippen molar-refractivity contribution >= 4 is 10.9 Å². The Morgan fingerprint density at radius 2 is 2.16 bits per heavy atom. The number of hydrogen-bond acceptors (Lipinski definition) is 4. The number of pyridine rings is 1. The van der Waals surface area contributed by atoms with Gasteiger partial charge in [-0.2, -0.15) is 0 Å². The largest absolute Gasteiger partial charge is 0.374 e. The Morgan fingerprint density at radius 3 is 3.00 bits per heavy atom. The average Bonchev–Trinajstić information content (AvgIpc) is 2.46. The lowest BCUT2D eigenvalue weighted by Gasteiger charge is -2.38. The second kappa shape index (κ2) is 5.25. The van der Waals surface area contributed by atoms with Gasteiger partial charge in [0.15, 0.2) is 0 Å². The van der Waals surface area contributed by atoms with Gasteiger partial charge < -0.3 is 10.5 Å². The van der Waals surface area contributed by atoms with Crippen LogP contribution in [0.15, 0.2) is 36.4 Å². The van der Waals surface area contributed by atoms with E-state index in [9.17, 15) is 0 Å². The fourth-order valence-corrected chi connectivity index (χ4v) is 2.72. The molecule has 2 heterocycles. The molecule has 4 heteroatoms. The topological polar surface area (TPSA) is 51.4 Å². The van der Waals surface area contributed by atoms with Gasteiger partial charge in [0, 0.05) is 18.5 Å². The molecule has 19 heavy (non-hydrogen) atoms. The fraction of sp³-hybridized carbons (Fsp3) is 0.400. The van der Waals surface area contributed by atoms with Crippen molar-refractivity contribution in [3.63, 3.8) is 0 Å². The number of fused-ring (bicyclic) bond motifs is 1. The number of likely N-dealkylation sites (N-methyl/N-ethyl adjacent to an activating group) is 1. The third kappa shape index (κ3) is 2.34. The summed E-state index contributed by atoms with van der Waals surface area (Å²) in [6.45, 7) is 2.17. The van der Waals surface area contributed by atoms with E-state index in [1.807, 2.05) is 18.2 Å². The van der Waals surface area contributed by atoms with E-state index in [1.54, 1.807) is 0 Å². The molecule has 1 aromatic carbocycles. The van der Waals surface area contributed by atoms with Gasteiger partial charge in [0.05, 0.1) is 30.0 Å². The van der Waals surface area contributed by atoms with Crippen molar-refractivity contribution in [1.29, 1.82) is 0 Å². The van der Waals surface area contributed by atoms with Crippen molar-refractivity contribution in [3.8, 4) is 0 Å². The van der Waals surface area contributed by atoms with Gasteiger partial charge in [-0.15, -0.1) is 0 Å². The maximum atomic E-state index is 5.83. The molecule has 3 rings (SSSR count). The van der Waals surface area contributed by atoms with Crippen LogP contribution in [0.2, 0.25) is 0 Å². The predicted octanol–water partition coefficient (Wildman–Crippen LogP) is 1.57. The first-order valence-electron chi connectivity index (χ1n) is 6.67. The number of aromatic nitrogens is 1. The average molecular weight is 257 g/mol. The highest BCUT2D eigenvalue weighted by Gasteiger charge is 2.31. The molecule has 2 aromatic rings. The molecular formula is C15H19N3O. The number of morpholine rings is 1. The summed E-state index contributed by atoms with van der Waals surface area (Å²) < 4.78 is 5.77. The van der Waals surface area contributed by atoms with E-state index in [0.717, 1.165) is 29.7 Å². The Hall–Kier alpha value is -1.49. The molecule has 1 saturated heterocycles. The van der Waals surface area contributed by atoms with Crippen LogP contribution >= 0.6 is 0 Å². The molecule has 2 atom stereocenters. The zero-order valence-electron chi connectivity index (χ0n) is 11.1. The fourth-order valence-electron chi connectivity index (χ4n) is 2.72. The number of hydrogen-bond donors (Lipinski definition) is 1. The summed E-state index contributed by atoms with van der Waals surface area (Å²) in [7, 11) is 2.10. The van der Waals surface area contributed by atoms with Gasteiger partial charge in [-0.1, -0.05) is 24.3 Å². The molecule has 1 aliphatic heterocycles. The summed E-state index contributed by atoms with van der Waals surface area (Å²) in [6, 6.07) is 12.5. The third-order valence-electron chi connectivity index (χ3n) is 3.76. The molecule has 0 bridgehead atoms. The Balaban J connectivity index is 2.01. The maximum Gasteiger partial charge on any atom is 0.0909 e. The lowest BCUT2D eigenvalue weighted by molar-refractivity contribution is -0.0589. The van der Waals surface area contributed by atoms with Crippen LogP contribution in [-0.4, -0.2) is 42.7 Å². The van der Waals surface area contributed by atoms with Gasteiger partial charge >= 0.3 is 0 Å². The van der Waals surface area contributed by atoms with E-state index < -0.39 is 0 Å². The normalized spacial score (nSPS) is 24.7. The monoisotopic (exact) mass is 257 g/mol. The second-order valence-corrected chi connectivity index (χ2v) is 5.00. The highest BCUT2D eigenvalue weighted by molar-refractivity contribution is 5.78. The van der Waals surface area contributed by atoms with Crippen LogP contribution in [-0.2, 0) is 4.74 Å². The van der Waals surface area contributed by atoms with E-state index in [2.05, 4.69) is 30.1 Å². The summed E-state index contributed by atoms with van der Waals surface area (Å²) >= 11 is 0. The first kappa shape index (κ1) is 12.5. The number of para-hydroxylation sites is 1. The molecule has 1 aliphatic rings. The van der Waals surface area contributed by atoms with Crippen LogP contribution in [0.1, 0.15) is 11.7 Å². The second-order valence-electron chi connectivity index (χ2n) is 5.00. The zero-order valence-corrected chi connectivity index (χ0v) is 11.1. The molecule has 4 nitrogen and oxygen atoms in total. The van der Waals surface area contributed by atoms with Gasteiger partial charge in [0.2, 0.25) is 0 Å². The molecule has 0 aliphatic carbocycles. The van der Waals surface area contributed by atoms with Crippen LogP contribution in [0.4, 0.5) is 0 Å². The number of rotatable bonds is 2. The summed E-state index contributed by atoms with van der Waals surface area (Å²) in [5.41, 5.74) is 7.89. The summed E-state index contributed by atoms with van der Waals surface area (Å²) in [5, 5.41) is 1.16. The Labute approximate surface area is 113 Å². The number of nitrogens with two attached hydrogens (primary N) is 1. The molecule has 1 fully saturated rings. The molecule has 2 unspecified atom stereocenters. The Morgan fingerprint density at radius 1 is 1.32 bits per heavy atom. The van der Waals surface area contributed by atoms with Crippen molar-refractivity contribution < 1.29 is 4.74 Å². The first-order valence-corrected chi connectivity index (χ1v) is 6.67. The zero-order chi connectivity index (χ0) is 13.2. The van der Waals surface area contributed by atoms with Gasteiger partial charge in [-0.3, -0.25) is 9.88 Å². The summed E-state index contributed by atoms with van der Waals surface area (Å²) in [5.74, 6) is 0. The predicted molar refractivity (Wildman–Crippen MR) is 75.9 cm³/mol. The minimum absolute atomic E-state index is 0.0208. The number of benzene rings is 1. The standard InChI is InChI=1S/C15H19N3O/c1-18-8-9-19-14(10-16)15(18)13-7-6-11-4-2-3-5-12(11)17-13/h2-7,14-15H,8-10,16H2,1H3. The molecule has 0 radical (unpaired) electrons. The Kier molecular flexibility index (Phi) is 3.46. The van der Waals surface area contributed by atoms with Gasteiger partial charge in [0.25, 0.3) is 0 Å². The van der Waals surface area contributed by atoms with Crippen molar-refractivity contribution in [2.75, 3.05) is 26.7 Å². The van der Waals surface area contributed by atoms with Gasteiger partial charge in [0.1, 0.15) is 0 Å². The summed E-state index contributed by atoms with van der Waals surface area (Å²) in [6.07, 6.45) is 0.0208. The highest BCUT2D eigenvalue weighted by Crippen LogP contribution is 2.27. The van der Waals surface area contributed by atoms with Crippen LogP contribution in [0.3, 0.4) is 0 Å². The molecular weight excluding hydrogens is 238 g/mol. The first-order chi connectivity index (χ1) is 9.29. The minimum Gasteiger partial charge on any atom is -0.374 e. The van der Waals surface area contributed by atoms with Crippen molar-refractivity contribution in [2.24, 2.45) is 5.73 Å². The Bertz CT molecular complexity index is 572. The summed E-state index contributed by atoms with van der Waals surface area (Å²) in [4.78, 5) is 7.05. The minimum atomic E-state index is 0.0208. The van der Waals surface area contributed by atoms with Crippen LogP contribution in [0.25, 0.3) is 10.9 Å². The van der Waals surface area contributed by atoms with E-state index in [-0.39, 0.29) is 12.1 Å². The third-order valence-corrected chi connectivity index (χ3v) is 3.76.